The Morgan fingerprint density at radius 1 is 1.09 bits per heavy atom. The number of hydrogen-bond acceptors (Lipinski definition) is 3. The minimum atomic E-state index is -0.159. The third-order valence-corrected chi connectivity index (χ3v) is 4.28. The number of carbonyl (C=O) groups excluding carboxylic acids is 2. The highest BCUT2D eigenvalue weighted by Gasteiger charge is 2.25. The van der Waals surface area contributed by atoms with Crippen molar-refractivity contribution in [2.45, 2.75) is 6.42 Å². The molecule has 2 N–H and O–H groups in total. The van der Waals surface area contributed by atoms with Crippen LogP contribution < -0.4 is 5.73 Å². The zero-order chi connectivity index (χ0) is 15.4. The molecule has 5 nitrogen and oxygen atoms in total. The van der Waals surface area contributed by atoms with Gasteiger partial charge in [0.1, 0.15) is 0 Å². The van der Waals surface area contributed by atoms with Crippen LogP contribution in [0, 0.1) is 0 Å². The third-order valence-electron chi connectivity index (χ3n) is 3.46. The first-order valence-electron chi connectivity index (χ1n) is 6.75. The molecule has 2 rings (SSSR count). The van der Waals surface area contributed by atoms with Gasteiger partial charge in [0.15, 0.2) is 0 Å². The Bertz CT molecular complexity index is 546. The molecule has 1 fully saturated rings. The predicted octanol–water partition coefficient (Wildman–Crippen LogP) is 2.05. The van der Waals surface area contributed by atoms with Gasteiger partial charge in [-0.1, -0.05) is 29.3 Å². The average Bonchev–Trinajstić information content (AvgIpc) is 2.50. The van der Waals surface area contributed by atoms with E-state index in [1.165, 1.54) is 0 Å². The van der Waals surface area contributed by atoms with Gasteiger partial charge in [0.05, 0.1) is 15.6 Å². The first-order chi connectivity index (χ1) is 10.0. The zero-order valence-electron chi connectivity index (χ0n) is 11.9. The van der Waals surface area contributed by atoms with Gasteiger partial charge in [-0.3, -0.25) is 9.59 Å². The Morgan fingerprint density at radius 3 is 2.27 bits per heavy atom. The lowest BCUT2D eigenvalue weighted by molar-refractivity contribution is -0.132. The fourth-order valence-electron chi connectivity index (χ4n) is 2.28. The van der Waals surface area contributed by atoms with Crippen LogP contribution in [0.25, 0.3) is 0 Å². The molecule has 8 heteroatoms. The lowest BCUT2D eigenvalue weighted by Gasteiger charge is -2.35. The van der Waals surface area contributed by atoms with E-state index in [-0.39, 0.29) is 29.2 Å². The Kier molecular flexibility index (Phi) is 7.42. The minimum absolute atomic E-state index is 0. The predicted molar refractivity (Wildman–Crippen MR) is 89.9 cm³/mol. The number of rotatable bonds is 3. The number of piperazine rings is 1. The van der Waals surface area contributed by atoms with E-state index in [2.05, 4.69) is 0 Å². The molecule has 122 valence electrons. The average molecular weight is 367 g/mol. The van der Waals surface area contributed by atoms with Gasteiger partial charge in [-0.05, 0) is 12.1 Å². The fourth-order valence-corrected chi connectivity index (χ4v) is 2.66. The summed E-state index contributed by atoms with van der Waals surface area (Å²) < 4.78 is 0. The van der Waals surface area contributed by atoms with E-state index in [4.69, 9.17) is 28.9 Å². The summed E-state index contributed by atoms with van der Waals surface area (Å²) in [6, 6.07) is 5.00. The van der Waals surface area contributed by atoms with Crippen LogP contribution in [-0.4, -0.2) is 54.3 Å². The van der Waals surface area contributed by atoms with E-state index in [0.29, 0.717) is 49.7 Å². The first-order valence-corrected chi connectivity index (χ1v) is 7.51. The van der Waals surface area contributed by atoms with Gasteiger partial charge in [-0.2, -0.15) is 0 Å². The van der Waals surface area contributed by atoms with Crippen LogP contribution in [0.2, 0.25) is 10.0 Å². The van der Waals surface area contributed by atoms with Gasteiger partial charge in [0.2, 0.25) is 5.91 Å². The molecule has 1 aliphatic rings. The second-order valence-electron chi connectivity index (χ2n) is 4.81. The Labute approximate surface area is 145 Å². The van der Waals surface area contributed by atoms with Gasteiger partial charge in [0.25, 0.3) is 5.91 Å². The summed E-state index contributed by atoms with van der Waals surface area (Å²) in [6.07, 6.45) is 0.341. The lowest BCUT2D eigenvalue weighted by atomic mass is 10.1. The van der Waals surface area contributed by atoms with E-state index >= 15 is 0 Å². The molecular weight excluding hydrogens is 349 g/mol. The lowest BCUT2D eigenvalue weighted by Crippen LogP contribution is -2.50. The monoisotopic (exact) mass is 365 g/mol. The van der Waals surface area contributed by atoms with Crippen LogP contribution in [0.1, 0.15) is 16.8 Å². The maximum atomic E-state index is 12.4. The van der Waals surface area contributed by atoms with Crippen molar-refractivity contribution >= 4 is 47.4 Å². The minimum Gasteiger partial charge on any atom is -0.339 e. The molecule has 1 aromatic carbocycles. The van der Waals surface area contributed by atoms with E-state index in [0.717, 1.165) is 0 Å². The van der Waals surface area contributed by atoms with Crippen molar-refractivity contribution in [3.63, 3.8) is 0 Å². The molecule has 0 atom stereocenters. The Morgan fingerprint density at radius 2 is 1.68 bits per heavy atom. The van der Waals surface area contributed by atoms with Crippen molar-refractivity contribution in [2.75, 3.05) is 32.7 Å². The van der Waals surface area contributed by atoms with Crippen LogP contribution in [0.5, 0.6) is 0 Å². The van der Waals surface area contributed by atoms with Crippen LogP contribution >= 0.6 is 35.6 Å². The van der Waals surface area contributed by atoms with E-state index in [1.54, 1.807) is 28.0 Å². The summed E-state index contributed by atoms with van der Waals surface area (Å²) >= 11 is 12.0. The Hall–Kier alpha value is -1.01. The van der Waals surface area contributed by atoms with E-state index in [9.17, 15) is 9.59 Å². The second-order valence-corrected chi connectivity index (χ2v) is 5.60. The summed E-state index contributed by atoms with van der Waals surface area (Å²) in [7, 11) is 0. The zero-order valence-corrected chi connectivity index (χ0v) is 14.3. The highest BCUT2D eigenvalue weighted by Crippen LogP contribution is 2.26. The molecule has 1 aromatic rings. The summed E-state index contributed by atoms with van der Waals surface area (Å²) in [5.41, 5.74) is 5.77. The number of benzene rings is 1. The number of nitrogens with two attached hydrogens (primary N) is 1. The van der Waals surface area contributed by atoms with Crippen molar-refractivity contribution in [1.29, 1.82) is 0 Å². The standard InChI is InChI=1S/C14H17Cl2N3O2.ClH/c15-11-3-1-2-10(13(11)16)14(21)19-8-6-18(7-9-19)12(20)4-5-17;/h1-3H,4-9,17H2;1H. The normalized spacial score (nSPS) is 14.5. The van der Waals surface area contributed by atoms with Crippen molar-refractivity contribution in [1.82, 2.24) is 9.80 Å². The molecular formula is C14H18Cl3N3O2. The van der Waals surface area contributed by atoms with Gasteiger partial charge < -0.3 is 15.5 Å². The molecule has 0 unspecified atom stereocenters. The highest BCUT2D eigenvalue weighted by atomic mass is 35.5. The molecule has 0 saturated carbocycles. The van der Waals surface area contributed by atoms with Gasteiger partial charge >= 0.3 is 0 Å². The largest absolute Gasteiger partial charge is 0.339 e. The first kappa shape index (κ1) is 19.0. The topological polar surface area (TPSA) is 66.6 Å². The van der Waals surface area contributed by atoms with Crippen LogP contribution in [0.3, 0.4) is 0 Å². The molecule has 1 heterocycles. The maximum absolute atomic E-state index is 12.4. The third kappa shape index (κ3) is 4.26. The number of halogens is 3. The molecule has 0 bridgehead atoms. The maximum Gasteiger partial charge on any atom is 0.255 e. The van der Waals surface area contributed by atoms with Gasteiger partial charge in [-0.25, -0.2) is 0 Å². The van der Waals surface area contributed by atoms with Gasteiger partial charge in [-0.15, -0.1) is 12.4 Å². The number of amides is 2. The summed E-state index contributed by atoms with van der Waals surface area (Å²) in [4.78, 5) is 27.6. The SMILES string of the molecule is Cl.NCCC(=O)N1CCN(C(=O)c2cccc(Cl)c2Cl)CC1. The number of nitrogens with zero attached hydrogens (tertiary/aromatic N) is 2. The summed E-state index contributed by atoms with van der Waals surface area (Å²) in [5, 5.41) is 0.630. The van der Waals surface area contributed by atoms with Crippen molar-refractivity contribution in [2.24, 2.45) is 5.73 Å². The summed E-state index contributed by atoms with van der Waals surface area (Å²) in [5.74, 6) is -0.126. The van der Waals surface area contributed by atoms with E-state index in [1.807, 2.05) is 0 Å². The number of carbonyl (C=O) groups is 2. The van der Waals surface area contributed by atoms with Crippen LogP contribution in [0.4, 0.5) is 0 Å². The molecule has 0 aromatic heterocycles. The van der Waals surface area contributed by atoms with Crippen LogP contribution in [0.15, 0.2) is 18.2 Å². The molecule has 1 saturated heterocycles. The van der Waals surface area contributed by atoms with E-state index < -0.39 is 0 Å². The molecule has 2 amide bonds. The highest BCUT2D eigenvalue weighted by molar-refractivity contribution is 6.43. The Balaban J connectivity index is 0.00000242. The smallest absolute Gasteiger partial charge is 0.255 e. The quantitative estimate of drug-likeness (QED) is 0.890. The molecule has 0 radical (unpaired) electrons. The summed E-state index contributed by atoms with van der Waals surface area (Å²) in [6.45, 7) is 2.34. The number of hydrogen-bond donors (Lipinski definition) is 1. The van der Waals surface area contributed by atoms with Crippen molar-refractivity contribution in [3.8, 4) is 0 Å². The second kappa shape index (κ2) is 8.58. The molecule has 0 aliphatic carbocycles. The molecule has 22 heavy (non-hydrogen) atoms. The molecule has 0 spiro atoms. The molecule has 1 aliphatic heterocycles. The van der Waals surface area contributed by atoms with Crippen LogP contribution in [-0.2, 0) is 4.79 Å². The van der Waals surface area contributed by atoms with Crippen molar-refractivity contribution < 1.29 is 9.59 Å². The van der Waals surface area contributed by atoms with Crippen molar-refractivity contribution in [3.05, 3.63) is 33.8 Å². The van der Waals surface area contributed by atoms with Gasteiger partial charge in [0, 0.05) is 39.1 Å². The fraction of sp³-hybridized carbons (Fsp3) is 0.429.